The first-order valence-corrected chi connectivity index (χ1v) is 5.19. The van der Waals surface area contributed by atoms with Crippen molar-refractivity contribution in [2.45, 2.75) is 12.8 Å². The van der Waals surface area contributed by atoms with Gasteiger partial charge in [0.2, 0.25) is 0 Å². The molecule has 0 aliphatic heterocycles. The molecule has 0 unspecified atom stereocenters. The lowest BCUT2D eigenvalue weighted by molar-refractivity contribution is -0.136. The van der Waals surface area contributed by atoms with Crippen molar-refractivity contribution in [1.29, 1.82) is 0 Å². The van der Waals surface area contributed by atoms with Gasteiger partial charge in [-0.3, -0.25) is 4.79 Å². The van der Waals surface area contributed by atoms with E-state index >= 15 is 0 Å². The van der Waals surface area contributed by atoms with Gasteiger partial charge in [0.1, 0.15) is 12.4 Å². The fraction of sp³-hybridized carbons (Fsp3) is 0.300. The zero-order valence-corrected chi connectivity index (χ0v) is 9.71. The van der Waals surface area contributed by atoms with Gasteiger partial charge in [-0.25, -0.2) is 8.78 Å². The Bertz CT molecular complexity index is 382. The molecule has 0 aliphatic carbocycles. The molecule has 0 radical (unpaired) electrons. The Morgan fingerprint density at radius 1 is 1.50 bits per heavy atom. The van der Waals surface area contributed by atoms with Gasteiger partial charge in [-0.2, -0.15) is 0 Å². The zero-order chi connectivity index (χ0) is 12.1. The summed E-state index contributed by atoms with van der Waals surface area (Å²) in [7, 11) is 0. The van der Waals surface area contributed by atoms with Crippen LogP contribution in [0.25, 0.3) is 0 Å². The van der Waals surface area contributed by atoms with E-state index in [0.717, 1.165) is 0 Å². The van der Waals surface area contributed by atoms with Crippen LogP contribution < -0.4 is 4.74 Å². The summed E-state index contributed by atoms with van der Waals surface area (Å²) in [5.41, 5.74) is 0.573. The van der Waals surface area contributed by atoms with E-state index in [1.165, 1.54) is 18.2 Å². The standard InChI is InChI=1S/C10H9BrF2O3/c11-7-3-6(4-10(14)15)1-2-8(7)16-5-9(12)13/h1-3,9H,4-5H2,(H,14,15). The molecule has 3 nitrogen and oxygen atoms in total. The molecule has 0 aromatic heterocycles. The van der Waals surface area contributed by atoms with Gasteiger partial charge in [-0.05, 0) is 33.6 Å². The van der Waals surface area contributed by atoms with Crippen LogP contribution in [0, 0.1) is 0 Å². The first-order valence-electron chi connectivity index (χ1n) is 4.40. The maximum atomic E-state index is 11.9. The van der Waals surface area contributed by atoms with Crippen LogP contribution in [0.2, 0.25) is 0 Å². The van der Waals surface area contributed by atoms with Crippen molar-refractivity contribution in [3.8, 4) is 5.75 Å². The third-order valence-corrected chi connectivity index (χ3v) is 2.34. The number of carboxylic acid groups (broad SMARTS) is 1. The Labute approximate surface area is 99.2 Å². The van der Waals surface area contributed by atoms with Crippen molar-refractivity contribution < 1.29 is 23.4 Å². The van der Waals surface area contributed by atoms with E-state index < -0.39 is 19.0 Å². The highest BCUT2D eigenvalue weighted by molar-refractivity contribution is 9.10. The predicted molar refractivity (Wildman–Crippen MR) is 57.0 cm³/mol. The fourth-order valence-corrected chi connectivity index (χ4v) is 1.64. The van der Waals surface area contributed by atoms with Crippen LogP contribution in [0.5, 0.6) is 5.75 Å². The third kappa shape index (κ3) is 4.14. The lowest BCUT2D eigenvalue weighted by Crippen LogP contribution is -2.07. The Kier molecular flexibility index (Phi) is 4.67. The molecule has 0 saturated heterocycles. The summed E-state index contributed by atoms with van der Waals surface area (Å²) < 4.78 is 29.0. The number of hydrogen-bond acceptors (Lipinski definition) is 2. The van der Waals surface area contributed by atoms with Crippen LogP contribution in [0.4, 0.5) is 8.78 Å². The lowest BCUT2D eigenvalue weighted by Gasteiger charge is -2.08. The van der Waals surface area contributed by atoms with Gasteiger partial charge >= 0.3 is 5.97 Å². The summed E-state index contributed by atoms with van der Waals surface area (Å²) in [5, 5.41) is 8.56. The second-order valence-electron chi connectivity index (χ2n) is 3.04. The highest BCUT2D eigenvalue weighted by atomic mass is 79.9. The largest absolute Gasteiger partial charge is 0.486 e. The minimum Gasteiger partial charge on any atom is -0.486 e. The smallest absolute Gasteiger partial charge is 0.307 e. The Balaban J connectivity index is 2.71. The van der Waals surface area contributed by atoms with Crippen LogP contribution >= 0.6 is 15.9 Å². The molecule has 0 heterocycles. The first-order chi connectivity index (χ1) is 7.49. The maximum Gasteiger partial charge on any atom is 0.307 e. The van der Waals surface area contributed by atoms with E-state index in [2.05, 4.69) is 15.9 Å². The summed E-state index contributed by atoms with van der Waals surface area (Å²) in [5.74, 6) is -0.678. The number of aliphatic carboxylic acids is 1. The topological polar surface area (TPSA) is 46.5 Å². The maximum absolute atomic E-state index is 11.9. The van der Waals surface area contributed by atoms with Crippen molar-refractivity contribution in [2.75, 3.05) is 6.61 Å². The van der Waals surface area contributed by atoms with Gasteiger partial charge in [-0.15, -0.1) is 0 Å². The Morgan fingerprint density at radius 3 is 2.69 bits per heavy atom. The lowest BCUT2D eigenvalue weighted by atomic mass is 10.1. The second kappa shape index (κ2) is 5.79. The van der Waals surface area contributed by atoms with Crippen LogP contribution in [0.3, 0.4) is 0 Å². The van der Waals surface area contributed by atoms with Gasteiger partial charge in [0.25, 0.3) is 6.43 Å². The van der Waals surface area contributed by atoms with E-state index in [-0.39, 0.29) is 12.2 Å². The summed E-state index contributed by atoms with van der Waals surface area (Å²) in [6.07, 6.45) is -2.65. The molecule has 1 rings (SSSR count). The number of carboxylic acids is 1. The molecule has 1 aromatic rings. The molecular formula is C10H9BrF2O3. The Morgan fingerprint density at radius 2 is 2.19 bits per heavy atom. The van der Waals surface area contributed by atoms with E-state index in [0.29, 0.717) is 10.0 Å². The quantitative estimate of drug-likeness (QED) is 0.908. The third-order valence-electron chi connectivity index (χ3n) is 1.72. The molecule has 0 spiro atoms. The monoisotopic (exact) mass is 294 g/mol. The Hall–Kier alpha value is -1.17. The minimum absolute atomic E-state index is 0.117. The normalized spacial score (nSPS) is 10.5. The van der Waals surface area contributed by atoms with Crippen LogP contribution in [0.1, 0.15) is 5.56 Å². The minimum atomic E-state index is -2.54. The number of rotatable bonds is 5. The molecule has 0 bridgehead atoms. The van der Waals surface area contributed by atoms with Crippen molar-refractivity contribution in [2.24, 2.45) is 0 Å². The van der Waals surface area contributed by atoms with Gasteiger partial charge in [0.05, 0.1) is 10.9 Å². The molecule has 0 amide bonds. The molecule has 1 N–H and O–H groups in total. The molecule has 16 heavy (non-hydrogen) atoms. The molecule has 6 heteroatoms. The molecular weight excluding hydrogens is 286 g/mol. The van der Waals surface area contributed by atoms with Crippen LogP contribution in [0.15, 0.2) is 22.7 Å². The van der Waals surface area contributed by atoms with Gasteiger partial charge in [0, 0.05) is 0 Å². The van der Waals surface area contributed by atoms with E-state index in [1.807, 2.05) is 0 Å². The molecule has 0 atom stereocenters. The van der Waals surface area contributed by atoms with Crippen molar-refractivity contribution in [3.05, 3.63) is 28.2 Å². The number of ether oxygens (including phenoxy) is 1. The predicted octanol–water partition coefficient (Wildman–Crippen LogP) is 2.72. The first kappa shape index (κ1) is 12.9. The molecule has 88 valence electrons. The van der Waals surface area contributed by atoms with Gasteiger partial charge < -0.3 is 9.84 Å². The van der Waals surface area contributed by atoms with E-state index in [4.69, 9.17) is 9.84 Å². The van der Waals surface area contributed by atoms with Gasteiger partial charge in [-0.1, -0.05) is 6.07 Å². The summed E-state index contributed by atoms with van der Waals surface area (Å²) in [6.45, 7) is -0.684. The summed E-state index contributed by atoms with van der Waals surface area (Å²) >= 11 is 3.12. The molecule has 0 fully saturated rings. The van der Waals surface area contributed by atoms with Gasteiger partial charge in [0.15, 0.2) is 0 Å². The number of hydrogen-bond donors (Lipinski definition) is 1. The highest BCUT2D eigenvalue weighted by Crippen LogP contribution is 2.26. The zero-order valence-electron chi connectivity index (χ0n) is 8.12. The molecule has 0 aliphatic rings. The molecule has 1 aromatic carbocycles. The van der Waals surface area contributed by atoms with E-state index in [1.54, 1.807) is 0 Å². The average Bonchev–Trinajstić information content (AvgIpc) is 2.15. The second-order valence-corrected chi connectivity index (χ2v) is 3.89. The number of alkyl halides is 2. The average molecular weight is 295 g/mol. The van der Waals surface area contributed by atoms with E-state index in [9.17, 15) is 13.6 Å². The highest BCUT2D eigenvalue weighted by Gasteiger charge is 2.08. The SMILES string of the molecule is O=C(O)Cc1ccc(OCC(F)F)c(Br)c1. The molecule has 0 saturated carbocycles. The number of carbonyl (C=O) groups is 1. The van der Waals surface area contributed by atoms with Crippen LogP contribution in [-0.4, -0.2) is 24.1 Å². The number of benzene rings is 1. The van der Waals surface area contributed by atoms with Crippen molar-refractivity contribution >= 4 is 21.9 Å². The summed E-state index contributed by atoms with van der Waals surface area (Å²) in [6, 6.07) is 4.53. The van der Waals surface area contributed by atoms with Crippen molar-refractivity contribution in [3.63, 3.8) is 0 Å². The van der Waals surface area contributed by atoms with Crippen molar-refractivity contribution in [1.82, 2.24) is 0 Å². The summed E-state index contributed by atoms with van der Waals surface area (Å²) in [4.78, 5) is 10.4. The van der Waals surface area contributed by atoms with Crippen LogP contribution in [-0.2, 0) is 11.2 Å². The number of halogens is 3. The fourth-order valence-electron chi connectivity index (χ4n) is 1.10.